The van der Waals surface area contributed by atoms with Gasteiger partial charge in [-0.05, 0) is 42.0 Å². The summed E-state index contributed by atoms with van der Waals surface area (Å²) in [6, 6.07) is 3.46. The van der Waals surface area contributed by atoms with Crippen molar-refractivity contribution in [1.82, 2.24) is 9.88 Å². The number of rotatable bonds is 6. The molecule has 0 saturated carbocycles. The van der Waals surface area contributed by atoms with Gasteiger partial charge in [0.05, 0.1) is 11.5 Å². The van der Waals surface area contributed by atoms with Crippen molar-refractivity contribution in [3.05, 3.63) is 35.0 Å². The lowest BCUT2D eigenvalue weighted by Crippen LogP contribution is -2.34. The molecule has 0 aliphatic carbocycles. The molecule has 116 valence electrons. The number of aromatic nitrogens is 1. The highest BCUT2D eigenvalue weighted by Crippen LogP contribution is 2.31. The zero-order valence-corrected chi connectivity index (χ0v) is 13.0. The van der Waals surface area contributed by atoms with Crippen LogP contribution in [0.4, 0.5) is 4.79 Å². The SMILES string of the molecule is CCCCOC(=O)CN1C(=O)S/C(=C/c2ccncc2)C1=O. The number of carbonyl (C=O) groups excluding carboxylic acids is 3. The molecular weight excluding hydrogens is 304 g/mol. The van der Waals surface area contributed by atoms with E-state index in [-0.39, 0.29) is 11.4 Å². The highest BCUT2D eigenvalue weighted by Gasteiger charge is 2.36. The monoisotopic (exact) mass is 320 g/mol. The molecular formula is C15H16N2O4S. The number of esters is 1. The molecule has 7 heteroatoms. The third kappa shape index (κ3) is 4.17. The molecule has 22 heavy (non-hydrogen) atoms. The van der Waals surface area contributed by atoms with Crippen molar-refractivity contribution in [2.45, 2.75) is 19.8 Å². The van der Waals surface area contributed by atoms with Crippen LogP contribution < -0.4 is 0 Å². The minimum absolute atomic E-state index is 0.289. The summed E-state index contributed by atoms with van der Waals surface area (Å²) in [4.78, 5) is 40.7. The molecule has 2 heterocycles. The van der Waals surface area contributed by atoms with E-state index in [0.29, 0.717) is 6.61 Å². The minimum Gasteiger partial charge on any atom is -0.464 e. The average molecular weight is 320 g/mol. The highest BCUT2D eigenvalue weighted by atomic mass is 32.2. The van der Waals surface area contributed by atoms with Gasteiger partial charge in [-0.15, -0.1) is 0 Å². The Kier molecular flexibility index (Phi) is 5.71. The van der Waals surface area contributed by atoms with E-state index in [1.165, 1.54) is 0 Å². The number of thioether (sulfide) groups is 1. The van der Waals surface area contributed by atoms with E-state index in [0.717, 1.165) is 35.1 Å². The predicted molar refractivity (Wildman–Crippen MR) is 82.8 cm³/mol. The number of unbranched alkanes of at least 4 members (excludes halogenated alkanes) is 1. The first-order chi connectivity index (χ1) is 10.6. The fraction of sp³-hybridized carbons (Fsp3) is 0.333. The fourth-order valence-electron chi connectivity index (χ4n) is 1.75. The molecule has 0 atom stereocenters. The summed E-state index contributed by atoms with van der Waals surface area (Å²) in [7, 11) is 0. The van der Waals surface area contributed by atoms with Gasteiger partial charge in [-0.2, -0.15) is 0 Å². The Labute approximate surface area is 132 Å². The molecule has 0 N–H and O–H groups in total. The second-order valence-electron chi connectivity index (χ2n) is 4.62. The molecule has 0 aromatic carbocycles. The summed E-state index contributed by atoms with van der Waals surface area (Å²) in [6.07, 6.45) is 6.47. The number of amides is 2. The van der Waals surface area contributed by atoms with E-state index in [1.54, 1.807) is 30.6 Å². The Balaban J connectivity index is 2.00. The third-order valence-electron chi connectivity index (χ3n) is 2.93. The number of ether oxygens (including phenoxy) is 1. The van der Waals surface area contributed by atoms with Gasteiger partial charge in [-0.3, -0.25) is 24.3 Å². The number of carbonyl (C=O) groups is 3. The fourth-order valence-corrected chi connectivity index (χ4v) is 2.59. The Morgan fingerprint density at radius 2 is 2.09 bits per heavy atom. The van der Waals surface area contributed by atoms with Gasteiger partial charge in [0.15, 0.2) is 0 Å². The van der Waals surface area contributed by atoms with Crippen LogP contribution in [0.3, 0.4) is 0 Å². The maximum Gasteiger partial charge on any atom is 0.326 e. The molecule has 1 aliphatic heterocycles. The van der Waals surface area contributed by atoms with Crippen LogP contribution in [0.15, 0.2) is 29.4 Å². The summed E-state index contributed by atoms with van der Waals surface area (Å²) in [5.74, 6) is -1.04. The molecule has 0 unspecified atom stereocenters. The van der Waals surface area contributed by atoms with Crippen molar-refractivity contribution in [3.63, 3.8) is 0 Å². The summed E-state index contributed by atoms with van der Waals surface area (Å²) in [5.41, 5.74) is 0.769. The Morgan fingerprint density at radius 3 is 2.77 bits per heavy atom. The Morgan fingerprint density at radius 1 is 1.36 bits per heavy atom. The Bertz CT molecular complexity index is 601. The first-order valence-corrected chi connectivity index (χ1v) is 7.74. The van der Waals surface area contributed by atoms with Crippen LogP contribution in [0.5, 0.6) is 0 Å². The zero-order chi connectivity index (χ0) is 15.9. The minimum atomic E-state index is -0.569. The van der Waals surface area contributed by atoms with Gasteiger partial charge < -0.3 is 4.74 Å². The number of hydrogen-bond donors (Lipinski definition) is 0. The predicted octanol–water partition coefficient (Wildman–Crippen LogP) is 2.46. The Hall–Kier alpha value is -2.15. The quantitative estimate of drug-likeness (QED) is 0.455. The van der Waals surface area contributed by atoms with E-state index in [2.05, 4.69) is 4.98 Å². The third-order valence-corrected chi connectivity index (χ3v) is 3.83. The highest BCUT2D eigenvalue weighted by molar-refractivity contribution is 8.18. The first-order valence-electron chi connectivity index (χ1n) is 6.93. The largest absolute Gasteiger partial charge is 0.464 e. The first kappa shape index (κ1) is 16.2. The van der Waals surface area contributed by atoms with Gasteiger partial charge in [0.2, 0.25) is 0 Å². The van der Waals surface area contributed by atoms with Crippen LogP contribution >= 0.6 is 11.8 Å². The number of imide groups is 1. The molecule has 1 aromatic rings. The number of nitrogens with zero attached hydrogens (tertiary/aromatic N) is 2. The molecule has 6 nitrogen and oxygen atoms in total. The second kappa shape index (κ2) is 7.74. The lowest BCUT2D eigenvalue weighted by molar-refractivity contribution is -0.146. The lowest BCUT2D eigenvalue weighted by Gasteiger charge is -2.11. The van der Waals surface area contributed by atoms with Crippen molar-refractivity contribution in [3.8, 4) is 0 Å². The summed E-state index contributed by atoms with van der Waals surface area (Å²) >= 11 is 0.817. The van der Waals surface area contributed by atoms with Gasteiger partial charge in [0.1, 0.15) is 6.54 Å². The van der Waals surface area contributed by atoms with Gasteiger partial charge in [-0.1, -0.05) is 13.3 Å². The van der Waals surface area contributed by atoms with E-state index in [9.17, 15) is 14.4 Å². The van der Waals surface area contributed by atoms with E-state index < -0.39 is 17.1 Å². The normalized spacial score (nSPS) is 16.4. The van der Waals surface area contributed by atoms with Crippen LogP contribution in [0, 0.1) is 0 Å². The van der Waals surface area contributed by atoms with Crippen molar-refractivity contribution in [2.24, 2.45) is 0 Å². The van der Waals surface area contributed by atoms with Gasteiger partial charge in [0, 0.05) is 12.4 Å². The molecule has 1 aromatic heterocycles. The summed E-state index contributed by atoms with van der Waals surface area (Å²) in [6.45, 7) is 1.94. The topological polar surface area (TPSA) is 76.6 Å². The van der Waals surface area contributed by atoms with Crippen LogP contribution in [0.2, 0.25) is 0 Å². The standard InChI is InChI=1S/C15H16N2O4S/c1-2-3-8-21-13(18)10-17-14(19)12(22-15(17)20)9-11-4-6-16-7-5-11/h4-7,9H,2-3,8,10H2,1H3/b12-9+. The second-order valence-corrected chi connectivity index (χ2v) is 5.62. The molecule has 0 spiro atoms. The molecule has 1 saturated heterocycles. The van der Waals surface area contributed by atoms with Crippen LogP contribution in [-0.2, 0) is 14.3 Å². The number of hydrogen-bond acceptors (Lipinski definition) is 6. The molecule has 0 bridgehead atoms. The van der Waals surface area contributed by atoms with Crippen LogP contribution in [0.1, 0.15) is 25.3 Å². The smallest absolute Gasteiger partial charge is 0.326 e. The molecule has 1 aliphatic rings. The maximum atomic E-state index is 12.2. The lowest BCUT2D eigenvalue weighted by atomic mass is 10.2. The molecule has 1 fully saturated rings. The van der Waals surface area contributed by atoms with Crippen molar-refractivity contribution >= 4 is 35.0 Å². The number of pyridine rings is 1. The van der Waals surface area contributed by atoms with E-state index in [1.807, 2.05) is 6.92 Å². The van der Waals surface area contributed by atoms with Gasteiger partial charge in [0.25, 0.3) is 11.1 Å². The van der Waals surface area contributed by atoms with Crippen LogP contribution in [-0.4, -0.2) is 40.2 Å². The van der Waals surface area contributed by atoms with Crippen molar-refractivity contribution in [1.29, 1.82) is 0 Å². The van der Waals surface area contributed by atoms with Crippen molar-refractivity contribution < 1.29 is 19.1 Å². The van der Waals surface area contributed by atoms with Crippen molar-refractivity contribution in [2.75, 3.05) is 13.2 Å². The van der Waals surface area contributed by atoms with Crippen LogP contribution in [0.25, 0.3) is 6.08 Å². The van der Waals surface area contributed by atoms with Gasteiger partial charge >= 0.3 is 5.97 Å². The van der Waals surface area contributed by atoms with E-state index in [4.69, 9.17) is 4.74 Å². The summed E-state index contributed by atoms with van der Waals surface area (Å²) in [5, 5.41) is -0.460. The van der Waals surface area contributed by atoms with E-state index >= 15 is 0 Å². The average Bonchev–Trinajstić information content (AvgIpc) is 2.76. The molecule has 0 radical (unpaired) electrons. The summed E-state index contributed by atoms with van der Waals surface area (Å²) < 4.78 is 4.97. The maximum absolute atomic E-state index is 12.2. The zero-order valence-electron chi connectivity index (χ0n) is 12.2. The molecule has 2 rings (SSSR count). The molecule has 2 amide bonds. The van der Waals surface area contributed by atoms with Gasteiger partial charge in [-0.25, -0.2) is 0 Å².